The fourth-order valence-corrected chi connectivity index (χ4v) is 0.118. The van der Waals surface area contributed by atoms with Gasteiger partial charge >= 0.3 is 0 Å². The van der Waals surface area contributed by atoms with E-state index < -0.39 is 0 Å². The number of hydrogen-bond acceptors (Lipinski definition) is 2. The average Bonchev–Trinajstić information content (AvgIpc) is 1.68. The lowest BCUT2D eigenvalue weighted by Gasteiger charge is -1.70. The number of rotatable bonds is 2. The van der Waals surface area contributed by atoms with E-state index in [0.717, 1.165) is 6.08 Å². The Labute approximate surface area is 41.8 Å². The lowest BCUT2D eigenvalue weighted by atomic mass is 10.3. The standard InChI is InChI=1S/C5H4O2/c1-5(4-7)2-3-6/h2H,1H3/b5-2-. The van der Waals surface area contributed by atoms with Crippen LogP contribution in [0.2, 0.25) is 0 Å². The zero-order valence-corrected chi connectivity index (χ0v) is 3.89. The van der Waals surface area contributed by atoms with Crippen molar-refractivity contribution in [2.24, 2.45) is 0 Å². The Morgan fingerprint density at radius 1 is 1.57 bits per heavy atom. The summed E-state index contributed by atoms with van der Waals surface area (Å²) in [6.45, 7) is 1.48. The molecule has 0 spiro atoms. The van der Waals surface area contributed by atoms with Crippen molar-refractivity contribution < 1.29 is 9.59 Å². The monoisotopic (exact) mass is 96.0 g/mol. The van der Waals surface area contributed by atoms with Crippen LogP contribution in [0.15, 0.2) is 11.6 Å². The van der Waals surface area contributed by atoms with Crippen LogP contribution in [0.1, 0.15) is 6.92 Å². The highest BCUT2D eigenvalue weighted by atomic mass is 16.1. The summed E-state index contributed by atoms with van der Waals surface area (Å²) in [4.78, 5) is 18.9. The molecule has 0 bridgehead atoms. The lowest BCUT2D eigenvalue weighted by molar-refractivity contribution is 0.559. The molecule has 0 saturated heterocycles. The van der Waals surface area contributed by atoms with Crippen molar-refractivity contribution in [3.63, 3.8) is 0 Å². The summed E-state index contributed by atoms with van der Waals surface area (Å²) < 4.78 is 0. The van der Waals surface area contributed by atoms with Crippen LogP contribution < -0.4 is 0 Å². The van der Waals surface area contributed by atoms with E-state index in [1.165, 1.54) is 19.5 Å². The zero-order valence-electron chi connectivity index (χ0n) is 3.89. The summed E-state index contributed by atoms with van der Waals surface area (Å²) >= 11 is 0. The topological polar surface area (TPSA) is 34.1 Å². The Balaban J connectivity index is 3.72. The molecule has 2 nitrogen and oxygen atoms in total. The van der Waals surface area contributed by atoms with Gasteiger partial charge in [0, 0.05) is 5.57 Å². The molecule has 0 saturated carbocycles. The molecule has 0 N–H and O–H groups in total. The van der Waals surface area contributed by atoms with Gasteiger partial charge in [0.15, 0.2) is 0 Å². The minimum absolute atomic E-state index is 0.273. The minimum Gasteiger partial charge on any atom is -0.286 e. The van der Waals surface area contributed by atoms with Crippen molar-refractivity contribution in [1.82, 2.24) is 0 Å². The van der Waals surface area contributed by atoms with Crippen molar-refractivity contribution in [3.8, 4) is 0 Å². The molecule has 0 aromatic heterocycles. The van der Waals surface area contributed by atoms with Gasteiger partial charge in [-0.2, -0.15) is 0 Å². The molecule has 0 aromatic rings. The molecular formula is C5H4O2. The third-order valence-corrected chi connectivity index (χ3v) is 0.436. The van der Waals surface area contributed by atoms with E-state index in [1.807, 2.05) is 0 Å². The highest BCUT2D eigenvalue weighted by Gasteiger charge is 1.79. The van der Waals surface area contributed by atoms with Gasteiger partial charge in [-0.3, -0.25) is 9.59 Å². The first-order valence-corrected chi connectivity index (χ1v) is 1.74. The molecular weight excluding hydrogens is 92.1 g/mol. The van der Waals surface area contributed by atoms with Crippen molar-refractivity contribution in [2.75, 3.05) is 0 Å². The molecule has 0 atom stereocenters. The maximum atomic E-state index is 9.52. The fourth-order valence-electron chi connectivity index (χ4n) is 0.118. The predicted octanol–water partition coefficient (Wildman–Crippen LogP) is 0.152. The van der Waals surface area contributed by atoms with Crippen LogP contribution in [0.25, 0.3) is 0 Å². The number of allylic oxidation sites excluding steroid dienone is 2. The summed E-state index contributed by atoms with van der Waals surface area (Å²) in [5.74, 6) is 0. The Morgan fingerprint density at radius 2 is 2.14 bits per heavy atom. The molecule has 0 aliphatic rings. The molecule has 0 amide bonds. The van der Waals surface area contributed by atoms with Gasteiger partial charge < -0.3 is 0 Å². The van der Waals surface area contributed by atoms with Crippen LogP contribution in [-0.2, 0) is 9.59 Å². The Hall–Kier alpha value is -0.920. The second kappa shape index (κ2) is 3.28. The molecule has 0 heterocycles. The highest BCUT2D eigenvalue weighted by Crippen LogP contribution is 1.79. The van der Waals surface area contributed by atoms with Gasteiger partial charge in [0.05, 0.1) is 0 Å². The van der Waals surface area contributed by atoms with E-state index in [9.17, 15) is 9.59 Å². The molecule has 2 radical (unpaired) electrons. The molecule has 0 rings (SSSR count). The molecule has 7 heavy (non-hydrogen) atoms. The van der Waals surface area contributed by atoms with Gasteiger partial charge in [-0.15, -0.1) is 0 Å². The largest absolute Gasteiger partial charge is 0.286 e. The fraction of sp³-hybridized carbons (Fsp3) is 0.200. The van der Waals surface area contributed by atoms with Crippen LogP contribution in [-0.4, -0.2) is 12.6 Å². The van der Waals surface area contributed by atoms with E-state index in [2.05, 4.69) is 0 Å². The molecule has 2 heteroatoms. The van der Waals surface area contributed by atoms with Gasteiger partial charge in [-0.1, -0.05) is 0 Å². The summed E-state index contributed by atoms with van der Waals surface area (Å²) in [5.41, 5.74) is 0.273. The second-order valence-electron chi connectivity index (χ2n) is 1.05. The van der Waals surface area contributed by atoms with Crippen LogP contribution >= 0.6 is 0 Å². The van der Waals surface area contributed by atoms with E-state index >= 15 is 0 Å². The summed E-state index contributed by atoms with van der Waals surface area (Å²) in [7, 11) is 0. The van der Waals surface area contributed by atoms with Crippen molar-refractivity contribution >= 4 is 12.6 Å². The van der Waals surface area contributed by atoms with Gasteiger partial charge in [-0.25, -0.2) is 0 Å². The highest BCUT2D eigenvalue weighted by molar-refractivity contribution is 5.81. The smallest absolute Gasteiger partial charge is 0.229 e. The van der Waals surface area contributed by atoms with Crippen LogP contribution in [0.4, 0.5) is 0 Å². The SMILES string of the molecule is C/C([C]=O)=C/[C]=O. The molecule has 0 aliphatic carbocycles. The van der Waals surface area contributed by atoms with E-state index in [0.29, 0.717) is 0 Å². The van der Waals surface area contributed by atoms with Crippen LogP contribution in [0.3, 0.4) is 0 Å². The second-order valence-corrected chi connectivity index (χ2v) is 1.05. The van der Waals surface area contributed by atoms with E-state index in [4.69, 9.17) is 0 Å². The maximum Gasteiger partial charge on any atom is 0.229 e. The number of hydrogen-bond donors (Lipinski definition) is 0. The van der Waals surface area contributed by atoms with Gasteiger partial charge in [0.25, 0.3) is 0 Å². The van der Waals surface area contributed by atoms with E-state index in [-0.39, 0.29) is 5.57 Å². The van der Waals surface area contributed by atoms with Gasteiger partial charge in [0.1, 0.15) is 0 Å². The first kappa shape index (κ1) is 6.08. The summed E-state index contributed by atoms with van der Waals surface area (Å²) in [6.07, 6.45) is 3.99. The normalized spacial score (nSPS) is 10.7. The van der Waals surface area contributed by atoms with Crippen molar-refractivity contribution in [3.05, 3.63) is 11.6 Å². The van der Waals surface area contributed by atoms with Crippen LogP contribution in [0.5, 0.6) is 0 Å². The van der Waals surface area contributed by atoms with Crippen molar-refractivity contribution in [1.29, 1.82) is 0 Å². The molecule has 0 unspecified atom stereocenters. The third kappa shape index (κ3) is 2.89. The van der Waals surface area contributed by atoms with Crippen LogP contribution in [0, 0.1) is 0 Å². The minimum atomic E-state index is 0.273. The predicted molar refractivity (Wildman–Crippen MR) is 25.1 cm³/mol. The molecule has 0 fully saturated rings. The molecule has 0 aromatic carbocycles. The average molecular weight is 96.1 g/mol. The number of carbonyl (C=O) groups excluding carboxylic acids is 2. The molecule has 36 valence electrons. The van der Waals surface area contributed by atoms with E-state index in [1.54, 1.807) is 0 Å². The Morgan fingerprint density at radius 3 is 2.29 bits per heavy atom. The summed E-state index contributed by atoms with van der Waals surface area (Å²) in [6, 6.07) is 0. The molecule has 0 aliphatic heterocycles. The van der Waals surface area contributed by atoms with Crippen molar-refractivity contribution in [2.45, 2.75) is 6.92 Å². The third-order valence-electron chi connectivity index (χ3n) is 0.436. The lowest BCUT2D eigenvalue weighted by Crippen LogP contribution is -1.74. The van der Waals surface area contributed by atoms with Gasteiger partial charge in [-0.05, 0) is 13.0 Å². The first-order valence-electron chi connectivity index (χ1n) is 1.74. The Bertz CT molecular complexity index is 103. The quantitative estimate of drug-likeness (QED) is 0.458. The summed E-state index contributed by atoms with van der Waals surface area (Å²) in [5, 5.41) is 0. The zero-order chi connectivity index (χ0) is 5.70. The maximum absolute atomic E-state index is 9.52. The first-order chi connectivity index (χ1) is 3.31. The Kier molecular flexibility index (Phi) is 2.85. The van der Waals surface area contributed by atoms with Gasteiger partial charge in [0.2, 0.25) is 12.6 Å².